The Morgan fingerprint density at radius 1 is 1.43 bits per heavy atom. The molecular weight excluding hydrogens is 174 g/mol. The van der Waals surface area contributed by atoms with Crippen LogP contribution in [0.5, 0.6) is 0 Å². The molecule has 3 heteroatoms. The van der Waals surface area contributed by atoms with E-state index in [-0.39, 0.29) is 0 Å². The highest BCUT2D eigenvalue weighted by Gasteiger charge is 1.93. The molecule has 0 unspecified atom stereocenters. The van der Waals surface area contributed by atoms with Gasteiger partial charge in [0.15, 0.2) is 0 Å². The van der Waals surface area contributed by atoms with Gasteiger partial charge in [0.25, 0.3) is 0 Å². The number of nitrogens with two attached hydrogens (primary N) is 1. The smallest absolute Gasteiger partial charge is 0.0644 e. The normalized spacial score (nSPS) is 9.29. The maximum absolute atomic E-state index is 5.35. The summed E-state index contributed by atoms with van der Waals surface area (Å²) in [4.78, 5) is 0. The van der Waals surface area contributed by atoms with Crippen molar-refractivity contribution in [3.63, 3.8) is 0 Å². The molecule has 1 aromatic heterocycles. The summed E-state index contributed by atoms with van der Waals surface area (Å²) in [5.74, 6) is 0. The van der Waals surface area contributed by atoms with Gasteiger partial charge >= 0.3 is 0 Å². The van der Waals surface area contributed by atoms with Crippen LogP contribution in [0.4, 0.5) is 0 Å². The van der Waals surface area contributed by atoms with Crippen LogP contribution in [0.1, 0.15) is 19.5 Å². The highest BCUT2D eigenvalue weighted by atomic mass is 15.1. The Morgan fingerprint density at radius 2 is 2.07 bits per heavy atom. The fourth-order valence-electron chi connectivity index (χ4n) is 0.732. The largest absolute Gasteiger partial charge is 0.399 e. The number of allylic oxidation sites excluding steroid dienone is 3. The maximum atomic E-state index is 5.35. The van der Waals surface area contributed by atoms with Gasteiger partial charge in [-0.25, -0.2) is 0 Å². The van der Waals surface area contributed by atoms with Gasteiger partial charge in [-0.3, -0.25) is 5.10 Å². The van der Waals surface area contributed by atoms with E-state index in [2.05, 4.69) is 23.4 Å². The molecule has 0 radical (unpaired) electrons. The van der Waals surface area contributed by atoms with Crippen molar-refractivity contribution in [1.29, 1.82) is 0 Å². The molecule has 0 fully saturated rings. The van der Waals surface area contributed by atoms with E-state index < -0.39 is 0 Å². The second kappa shape index (κ2) is 6.71. The van der Waals surface area contributed by atoms with Crippen molar-refractivity contribution in [3.8, 4) is 0 Å². The average Bonchev–Trinajstić information content (AvgIpc) is 2.70. The lowest BCUT2D eigenvalue weighted by Crippen LogP contribution is -1.88. The van der Waals surface area contributed by atoms with Crippen LogP contribution < -0.4 is 5.73 Å². The van der Waals surface area contributed by atoms with Crippen LogP contribution >= 0.6 is 0 Å². The number of H-pyrrole nitrogens is 1. The molecule has 1 rings (SSSR count). The zero-order chi connectivity index (χ0) is 11.0. The van der Waals surface area contributed by atoms with Crippen LogP contribution in [0.15, 0.2) is 43.3 Å². The Bertz CT molecular complexity index is 307. The number of nitrogens with one attached hydrogen (secondary N) is 1. The summed E-state index contributed by atoms with van der Waals surface area (Å²) >= 11 is 0. The third kappa shape index (κ3) is 4.30. The van der Waals surface area contributed by atoms with Crippen LogP contribution in [0.3, 0.4) is 0 Å². The zero-order valence-corrected chi connectivity index (χ0v) is 8.75. The van der Waals surface area contributed by atoms with E-state index in [0.29, 0.717) is 5.70 Å². The molecule has 76 valence electrons. The summed E-state index contributed by atoms with van der Waals surface area (Å²) in [7, 11) is 0. The molecular formula is C11H17N3. The lowest BCUT2D eigenvalue weighted by atomic mass is 10.2. The van der Waals surface area contributed by atoms with Gasteiger partial charge in [-0.2, -0.15) is 5.10 Å². The Morgan fingerprint density at radius 3 is 2.50 bits per heavy atom. The fraction of sp³-hybridized carbons (Fsp3) is 0.182. The highest BCUT2D eigenvalue weighted by Crippen LogP contribution is 2.09. The fourth-order valence-corrected chi connectivity index (χ4v) is 0.732. The standard InChI is InChI=1S/C9H11N3.C2H6/c1-7(3-4-8(2)10)9-5-6-11-12-9;1-2/h3-6H,1-2,10H2,(H,11,12);1-2H3/b4-3-;. The molecule has 0 aliphatic carbocycles. The van der Waals surface area contributed by atoms with E-state index in [1.807, 2.05) is 19.9 Å². The third-order valence-corrected chi connectivity index (χ3v) is 1.35. The SMILES string of the molecule is C=C(N)/C=C\C(=C)c1ccn[nH]1.CC. The first-order chi connectivity index (χ1) is 6.70. The number of hydrogen-bond donors (Lipinski definition) is 2. The first-order valence-corrected chi connectivity index (χ1v) is 4.51. The third-order valence-electron chi connectivity index (χ3n) is 1.35. The molecule has 0 spiro atoms. The van der Waals surface area contributed by atoms with Crippen molar-refractivity contribution in [2.45, 2.75) is 13.8 Å². The Kier molecular flexibility index (Phi) is 5.87. The predicted octanol–water partition coefficient (Wildman–Crippen LogP) is 2.48. The van der Waals surface area contributed by atoms with Gasteiger partial charge in [0.1, 0.15) is 0 Å². The van der Waals surface area contributed by atoms with E-state index in [0.717, 1.165) is 11.3 Å². The van der Waals surface area contributed by atoms with Gasteiger partial charge in [0.05, 0.1) is 5.69 Å². The Balaban J connectivity index is 0.000000791. The number of rotatable bonds is 3. The molecule has 0 atom stereocenters. The van der Waals surface area contributed by atoms with Crippen LogP contribution in [0.2, 0.25) is 0 Å². The van der Waals surface area contributed by atoms with Gasteiger partial charge in [-0.05, 0) is 17.7 Å². The van der Waals surface area contributed by atoms with Crippen LogP contribution in [0, 0.1) is 0 Å². The summed E-state index contributed by atoms with van der Waals surface area (Å²) in [5, 5.41) is 6.59. The summed E-state index contributed by atoms with van der Waals surface area (Å²) in [5.41, 5.74) is 7.57. The van der Waals surface area contributed by atoms with Crippen molar-refractivity contribution in [2.24, 2.45) is 5.73 Å². The molecule has 0 aliphatic heterocycles. The second-order valence-electron chi connectivity index (χ2n) is 2.40. The molecule has 1 aromatic rings. The van der Waals surface area contributed by atoms with E-state index in [1.54, 1.807) is 18.3 Å². The van der Waals surface area contributed by atoms with Crippen LogP contribution in [0.25, 0.3) is 5.57 Å². The maximum Gasteiger partial charge on any atom is 0.0644 e. The number of aromatic amines is 1. The van der Waals surface area contributed by atoms with Crippen molar-refractivity contribution < 1.29 is 0 Å². The molecule has 0 bridgehead atoms. The molecule has 3 nitrogen and oxygen atoms in total. The van der Waals surface area contributed by atoms with Gasteiger partial charge in [-0.1, -0.05) is 33.1 Å². The van der Waals surface area contributed by atoms with Gasteiger partial charge in [0, 0.05) is 11.9 Å². The monoisotopic (exact) mass is 191 g/mol. The number of hydrogen-bond acceptors (Lipinski definition) is 2. The first kappa shape index (κ1) is 12.2. The predicted molar refractivity (Wildman–Crippen MR) is 61.4 cm³/mol. The van der Waals surface area contributed by atoms with E-state index in [1.165, 1.54) is 0 Å². The minimum absolute atomic E-state index is 0.510. The van der Waals surface area contributed by atoms with Gasteiger partial charge < -0.3 is 5.73 Å². The van der Waals surface area contributed by atoms with E-state index >= 15 is 0 Å². The minimum atomic E-state index is 0.510. The second-order valence-corrected chi connectivity index (χ2v) is 2.40. The molecule has 0 aliphatic rings. The van der Waals surface area contributed by atoms with E-state index in [9.17, 15) is 0 Å². The molecule has 0 amide bonds. The van der Waals surface area contributed by atoms with Crippen molar-refractivity contribution in [3.05, 3.63) is 49.0 Å². The van der Waals surface area contributed by atoms with Crippen molar-refractivity contribution >= 4 is 5.57 Å². The molecule has 1 heterocycles. The van der Waals surface area contributed by atoms with Gasteiger partial charge in [-0.15, -0.1) is 0 Å². The minimum Gasteiger partial charge on any atom is -0.399 e. The summed E-state index contributed by atoms with van der Waals surface area (Å²) in [6.07, 6.45) is 5.16. The molecule has 3 N–H and O–H groups in total. The molecule has 0 saturated heterocycles. The Hall–Kier alpha value is -1.77. The number of aromatic nitrogens is 2. The zero-order valence-electron chi connectivity index (χ0n) is 8.75. The average molecular weight is 191 g/mol. The molecule has 14 heavy (non-hydrogen) atoms. The molecule has 0 aromatic carbocycles. The van der Waals surface area contributed by atoms with E-state index in [4.69, 9.17) is 5.73 Å². The number of nitrogens with zero attached hydrogens (tertiary/aromatic N) is 1. The van der Waals surface area contributed by atoms with Gasteiger partial charge in [0.2, 0.25) is 0 Å². The van der Waals surface area contributed by atoms with Crippen molar-refractivity contribution in [1.82, 2.24) is 10.2 Å². The Labute approximate surface area is 85.0 Å². The lowest BCUT2D eigenvalue weighted by molar-refractivity contribution is 1.08. The lowest BCUT2D eigenvalue weighted by Gasteiger charge is -1.93. The van der Waals surface area contributed by atoms with Crippen LogP contribution in [-0.4, -0.2) is 10.2 Å². The molecule has 0 saturated carbocycles. The summed E-state index contributed by atoms with van der Waals surface area (Å²) in [6, 6.07) is 1.84. The summed E-state index contributed by atoms with van der Waals surface area (Å²) < 4.78 is 0. The quantitative estimate of drug-likeness (QED) is 0.721. The highest BCUT2D eigenvalue weighted by molar-refractivity contribution is 5.69. The van der Waals surface area contributed by atoms with Crippen LogP contribution in [-0.2, 0) is 0 Å². The topological polar surface area (TPSA) is 54.7 Å². The van der Waals surface area contributed by atoms with Crippen molar-refractivity contribution in [2.75, 3.05) is 0 Å². The summed E-state index contributed by atoms with van der Waals surface area (Å²) in [6.45, 7) is 11.3. The first-order valence-electron chi connectivity index (χ1n) is 4.51.